The van der Waals surface area contributed by atoms with E-state index in [4.69, 9.17) is 16.3 Å². The Labute approximate surface area is 221 Å². The topological polar surface area (TPSA) is 91.2 Å². The zero-order valence-electron chi connectivity index (χ0n) is 20.7. The van der Waals surface area contributed by atoms with Gasteiger partial charge in [0.1, 0.15) is 6.61 Å². The molecule has 8 heteroatoms. The molecule has 0 saturated heterocycles. The summed E-state index contributed by atoms with van der Waals surface area (Å²) in [6.45, 7) is 11.3. The Hall–Kier alpha value is -3.47. The van der Waals surface area contributed by atoms with Crippen LogP contribution in [0, 0.1) is 32.1 Å². The number of esters is 1. The van der Waals surface area contributed by atoms with Crippen LogP contribution >= 0.6 is 23.4 Å². The molecule has 1 heterocycles. The zero-order chi connectivity index (χ0) is 26.4. The van der Waals surface area contributed by atoms with Gasteiger partial charge < -0.3 is 15.4 Å². The van der Waals surface area contributed by atoms with Crippen molar-refractivity contribution in [1.29, 1.82) is 5.26 Å². The molecule has 0 bridgehead atoms. The number of hydrogen-bond donors (Lipinski definition) is 2. The van der Waals surface area contributed by atoms with Gasteiger partial charge in [0, 0.05) is 16.4 Å². The van der Waals surface area contributed by atoms with Gasteiger partial charge in [-0.25, -0.2) is 4.79 Å². The Morgan fingerprint density at radius 3 is 2.50 bits per heavy atom. The number of anilines is 1. The first-order valence-corrected chi connectivity index (χ1v) is 12.7. The Kier molecular flexibility index (Phi) is 9.03. The molecule has 2 aromatic rings. The van der Waals surface area contributed by atoms with Crippen molar-refractivity contribution in [3.8, 4) is 6.07 Å². The number of carbonyl (C=O) groups is 2. The maximum absolute atomic E-state index is 13.0. The van der Waals surface area contributed by atoms with Crippen LogP contribution in [0.15, 0.2) is 70.9 Å². The van der Waals surface area contributed by atoms with E-state index in [0.29, 0.717) is 32.5 Å². The van der Waals surface area contributed by atoms with E-state index in [2.05, 4.69) is 23.3 Å². The fourth-order valence-corrected chi connectivity index (χ4v) is 5.36. The van der Waals surface area contributed by atoms with Crippen LogP contribution in [0.2, 0.25) is 5.02 Å². The van der Waals surface area contributed by atoms with Crippen molar-refractivity contribution in [1.82, 2.24) is 5.32 Å². The molecule has 2 N–H and O–H groups in total. The highest BCUT2D eigenvalue weighted by molar-refractivity contribution is 8.03. The highest BCUT2D eigenvalue weighted by Crippen LogP contribution is 2.43. The number of ether oxygens (including phenoxy) is 1. The van der Waals surface area contributed by atoms with Gasteiger partial charge in [-0.15, -0.1) is 0 Å². The molecule has 0 aromatic heterocycles. The molecule has 1 atom stereocenters. The first kappa shape index (κ1) is 27.1. The lowest BCUT2D eigenvalue weighted by atomic mass is 9.82. The van der Waals surface area contributed by atoms with E-state index in [0.717, 1.165) is 22.4 Å². The SMILES string of the molecule is C=CCOC(=O)C1=C(C)NC(SCC(=O)Nc2c(C)cc(C)cc2C)=C(C#N)C1c1ccccc1Cl. The number of aryl methyl sites for hydroxylation is 3. The number of hydrogen-bond acceptors (Lipinski definition) is 6. The normalized spacial score (nSPS) is 15.2. The number of nitriles is 1. The molecule has 0 spiro atoms. The Morgan fingerprint density at radius 1 is 1.22 bits per heavy atom. The molecule has 1 aliphatic heterocycles. The summed E-state index contributed by atoms with van der Waals surface area (Å²) in [5, 5.41) is 17.2. The number of allylic oxidation sites excluding steroid dienone is 2. The van der Waals surface area contributed by atoms with Crippen LogP contribution in [-0.2, 0) is 14.3 Å². The molecule has 36 heavy (non-hydrogen) atoms. The van der Waals surface area contributed by atoms with Crippen LogP contribution in [0.25, 0.3) is 0 Å². The van der Waals surface area contributed by atoms with Crippen molar-refractivity contribution in [3.63, 3.8) is 0 Å². The quantitative estimate of drug-likeness (QED) is 0.324. The molecule has 0 saturated carbocycles. The molecule has 1 aliphatic rings. The van der Waals surface area contributed by atoms with Gasteiger partial charge in [0.05, 0.1) is 33.9 Å². The molecule has 186 valence electrons. The van der Waals surface area contributed by atoms with Gasteiger partial charge in [-0.1, -0.05) is 71.9 Å². The number of amides is 1. The second-order valence-corrected chi connectivity index (χ2v) is 9.86. The van der Waals surface area contributed by atoms with E-state index in [9.17, 15) is 14.9 Å². The lowest BCUT2D eigenvalue weighted by Gasteiger charge is -2.29. The molecule has 6 nitrogen and oxygen atoms in total. The zero-order valence-corrected chi connectivity index (χ0v) is 22.3. The summed E-state index contributed by atoms with van der Waals surface area (Å²) in [4.78, 5) is 25.8. The third kappa shape index (κ3) is 6.01. The summed E-state index contributed by atoms with van der Waals surface area (Å²) in [6.07, 6.45) is 1.48. The largest absolute Gasteiger partial charge is 0.458 e. The van der Waals surface area contributed by atoms with Crippen molar-refractivity contribution in [2.75, 3.05) is 17.7 Å². The van der Waals surface area contributed by atoms with Crippen molar-refractivity contribution in [3.05, 3.63) is 98.2 Å². The first-order chi connectivity index (χ1) is 17.2. The van der Waals surface area contributed by atoms with E-state index in [1.165, 1.54) is 17.8 Å². The van der Waals surface area contributed by atoms with Crippen LogP contribution in [0.3, 0.4) is 0 Å². The van der Waals surface area contributed by atoms with E-state index in [-0.39, 0.29) is 18.3 Å². The fraction of sp³-hybridized carbons (Fsp3) is 0.250. The smallest absolute Gasteiger partial charge is 0.337 e. The van der Waals surface area contributed by atoms with Crippen molar-refractivity contribution < 1.29 is 14.3 Å². The van der Waals surface area contributed by atoms with E-state index in [1.54, 1.807) is 31.2 Å². The van der Waals surface area contributed by atoms with Gasteiger partial charge in [0.15, 0.2) is 0 Å². The first-order valence-electron chi connectivity index (χ1n) is 11.3. The number of carbonyl (C=O) groups excluding carboxylic acids is 2. The van der Waals surface area contributed by atoms with Gasteiger partial charge in [0.25, 0.3) is 0 Å². The molecule has 2 aromatic carbocycles. The second-order valence-electron chi connectivity index (χ2n) is 8.47. The standard InChI is InChI=1S/C28H28ClN3O3S/c1-6-11-35-28(34)24-19(5)31-27(21(14-30)25(24)20-9-7-8-10-22(20)29)36-15-23(33)32-26-17(3)12-16(2)13-18(26)4/h6-10,12-13,25,31H,1,11,15H2,2-5H3,(H,32,33). The Balaban J connectivity index is 1.92. The molecule has 0 aliphatic carbocycles. The number of rotatable bonds is 8. The molecule has 1 unspecified atom stereocenters. The third-order valence-corrected chi connectivity index (χ3v) is 7.07. The summed E-state index contributed by atoms with van der Waals surface area (Å²) < 4.78 is 5.32. The van der Waals surface area contributed by atoms with E-state index < -0.39 is 11.9 Å². The van der Waals surface area contributed by atoms with Crippen LogP contribution in [0.5, 0.6) is 0 Å². The summed E-state index contributed by atoms with van der Waals surface area (Å²) in [5.41, 5.74) is 5.60. The third-order valence-electron chi connectivity index (χ3n) is 5.70. The van der Waals surface area contributed by atoms with Gasteiger partial charge in [-0.3, -0.25) is 4.79 Å². The van der Waals surface area contributed by atoms with Crippen LogP contribution < -0.4 is 10.6 Å². The fourth-order valence-electron chi connectivity index (χ4n) is 4.22. The molecular weight excluding hydrogens is 494 g/mol. The highest BCUT2D eigenvalue weighted by Gasteiger charge is 2.36. The number of benzene rings is 2. The Bertz CT molecular complexity index is 1300. The summed E-state index contributed by atoms with van der Waals surface area (Å²) in [7, 11) is 0. The summed E-state index contributed by atoms with van der Waals surface area (Å²) in [6, 6.07) is 13.3. The number of nitrogens with one attached hydrogen (secondary N) is 2. The predicted octanol–water partition coefficient (Wildman–Crippen LogP) is 6.06. The maximum atomic E-state index is 13.0. The minimum Gasteiger partial charge on any atom is -0.458 e. The average molecular weight is 522 g/mol. The number of dihydropyridines is 1. The molecule has 3 rings (SSSR count). The predicted molar refractivity (Wildman–Crippen MR) is 146 cm³/mol. The van der Waals surface area contributed by atoms with Gasteiger partial charge in [-0.05, 0) is 50.5 Å². The van der Waals surface area contributed by atoms with E-state index >= 15 is 0 Å². The van der Waals surface area contributed by atoms with Gasteiger partial charge in [0.2, 0.25) is 5.91 Å². The maximum Gasteiger partial charge on any atom is 0.337 e. The summed E-state index contributed by atoms with van der Waals surface area (Å²) >= 11 is 7.69. The molecular formula is C28H28ClN3O3S. The second kappa shape index (κ2) is 12.0. The average Bonchev–Trinajstić information content (AvgIpc) is 2.83. The molecule has 1 amide bonds. The minimum absolute atomic E-state index is 0.0378. The van der Waals surface area contributed by atoms with Crippen LogP contribution in [0.1, 0.15) is 35.1 Å². The summed E-state index contributed by atoms with van der Waals surface area (Å²) in [5.74, 6) is -1.44. The number of thioether (sulfide) groups is 1. The molecule has 0 radical (unpaired) electrons. The van der Waals surface area contributed by atoms with Crippen LogP contribution in [0.4, 0.5) is 5.69 Å². The highest BCUT2D eigenvalue weighted by atomic mass is 35.5. The Morgan fingerprint density at radius 2 is 1.89 bits per heavy atom. The monoisotopic (exact) mass is 521 g/mol. The lowest BCUT2D eigenvalue weighted by Crippen LogP contribution is -2.29. The minimum atomic E-state index is -0.741. The van der Waals surface area contributed by atoms with Crippen molar-refractivity contribution >= 4 is 40.9 Å². The number of nitrogens with zero attached hydrogens (tertiary/aromatic N) is 1. The van der Waals surface area contributed by atoms with Gasteiger partial charge >= 0.3 is 5.97 Å². The van der Waals surface area contributed by atoms with E-state index in [1.807, 2.05) is 32.9 Å². The molecule has 0 fully saturated rings. The van der Waals surface area contributed by atoms with Crippen LogP contribution in [-0.4, -0.2) is 24.2 Å². The van der Waals surface area contributed by atoms with Crippen molar-refractivity contribution in [2.24, 2.45) is 0 Å². The lowest BCUT2D eigenvalue weighted by molar-refractivity contribution is -0.138. The number of halogens is 1. The van der Waals surface area contributed by atoms with Gasteiger partial charge in [-0.2, -0.15) is 5.26 Å². The van der Waals surface area contributed by atoms with Crippen molar-refractivity contribution in [2.45, 2.75) is 33.6 Å².